The Kier molecular flexibility index (Phi) is 5.41. The Balaban J connectivity index is 1.67. The number of halogens is 1. The van der Waals surface area contributed by atoms with Gasteiger partial charge >= 0.3 is 0 Å². The molecule has 0 aliphatic carbocycles. The van der Waals surface area contributed by atoms with Crippen molar-refractivity contribution in [2.45, 2.75) is 11.3 Å². The summed E-state index contributed by atoms with van der Waals surface area (Å²) in [5.41, 5.74) is 3.62. The van der Waals surface area contributed by atoms with Gasteiger partial charge in [-0.15, -0.1) is 0 Å². The molecule has 9 heteroatoms. The first-order valence-corrected chi connectivity index (χ1v) is 9.80. The Bertz CT molecular complexity index is 988. The molecule has 3 rings (SSSR count). The molecule has 1 amide bonds. The van der Waals surface area contributed by atoms with E-state index in [2.05, 4.69) is 15.8 Å². The van der Waals surface area contributed by atoms with Gasteiger partial charge in [-0.05, 0) is 42.5 Å². The Morgan fingerprint density at radius 3 is 2.67 bits per heavy atom. The van der Waals surface area contributed by atoms with E-state index >= 15 is 0 Å². The fraction of sp³-hybridized carbons (Fsp3) is 0.222. The fourth-order valence-electron chi connectivity index (χ4n) is 2.65. The highest BCUT2D eigenvalue weighted by atomic mass is 32.2. The van der Waals surface area contributed by atoms with Gasteiger partial charge in [0.05, 0.1) is 30.0 Å². The molecule has 0 aromatic heterocycles. The standard InChI is InChI=1S/C18H18FN3O4S/c1-26-14-5-3-13(4-6-14)20-11-18(23)22-21-16-8-9-27(24,25)17-7-2-12(19)10-15(16)17/h2-7,10,20H,8-9,11H2,1H3,(H,22,23)/b21-16-. The highest BCUT2D eigenvalue weighted by Gasteiger charge is 2.28. The number of ether oxygens (including phenoxy) is 1. The first kappa shape index (κ1) is 18.8. The van der Waals surface area contributed by atoms with Crippen LogP contribution in [-0.4, -0.2) is 39.4 Å². The van der Waals surface area contributed by atoms with Crippen LogP contribution in [0.2, 0.25) is 0 Å². The normalized spacial score (nSPS) is 16.4. The van der Waals surface area contributed by atoms with Crippen molar-refractivity contribution in [2.75, 3.05) is 24.7 Å². The minimum Gasteiger partial charge on any atom is -0.497 e. The number of nitrogens with zero attached hydrogens (tertiary/aromatic N) is 1. The van der Waals surface area contributed by atoms with E-state index in [0.717, 1.165) is 17.8 Å². The first-order valence-electron chi connectivity index (χ1n) is 8.15. The molecule has 1 aliphatic rings. The molecule has 0 bridgehead atoms. The quantitative estimate of drug-likeness (QED) is 0.600. The molecule has 2 aromatic carbocycles. The van der Waals surface area contributed by atoms with Crippen molar-refractivity contribution in [2.24, 2.45) is 5.10 Å². The van der Waals surface area contributed by atoms with Gasteiger partial charge in [0.2, 0.25) is 0 Å². The van der Waals surface area contributed by atoms with Gasteiger partial charge in [0.15, 0.2) is 9.84 Å². The number of carbonyl (C=O) groups is 1. The van der Waals surface area contributed by atoms with Crippen molar-refractivity contribution in [3.63, 3.8) is 0 Å². The molecule has 7 nitrogen and oxygen atoms in total. The lowest BCUT2D eigenvalue weighted by Gasteiger charge is -2.18. The van der Waals surface area contributed by atoms with Crippen LogP contribution >= 0.6 is 0 Å². The van der Waals surface area contributed by atoms with Gasteiger partial charge in [-0.1, -0.05) is 0 Å². The molecule has 2 aromatic rings. The van der Waals surface area contributed by atoms with Crippen molar-refractivity contribution in [3.8, 4) is 5.75 Å². The summed E-state index contributed by atoms with van der Waals surface area (Å²) in [7, 11) is -1.90. The van der Waals surface area contributed by atoms with Crippen molar-refractivity contribution >= 4 is 27.1 Å². The van der Waals surface area contributed by atoms with Crippen LogP contribution < -0.4 is 15.5 Å². The molecule has 0 radical (unpaired) electrons. The number of hydrazone groups is 1. The Morgan fingerprint density at radius 2 is 1.96 bits per heavy atom. The lowest BCUT2D eigenvalue weighted by Crippen LogP contribution is -2.29. The average Bonchev–Trinajstić information content (AvgIpc) is 2.66. The van der Waals surface area contributed by atoms with Crippen LogP contribution in [0.3, 0.4) is 0 Å². The number of hydrogen-bond donors (Lipinski definition) is 2. The topological polar surface area (TPSA) is 96.9 Å². The van der Waals surface area contributed by atoms with Gasteiger partial charge in [-0.3, -0.25) is 4.79 Å². The Hall–Kier alpha value is -2.94. The molecular weight excluding hydrogens is 373 g/mol. The van der Waals surface area contributed by atoms with Gasteiger partial charge in [-0.2, -0.15) is 5.10 Å². The molecule has 0 atom stereocenters. The molecule has 27 heavy (non-hydrogen) atoms. The van der Waals surface area contributed by atoms with Crippen molar-refractivity contribution < 1.29 is 22.3 Å². The molecule has 0 saturated carbocycles. The van der Waals surface area contributed by atoms with Gasteiger partial charge in [0, 0.05) is 17.7 Å². The molecule has 1 aliphatic heterocycles. The molecule has 0 unspecified atom stereocenters. The summed E-state index contributed by atoms with van der Waals surface area (Å²) in [6.45, 7) is -0.0303. The highest BCUT2D eigenvalue weighted by molar-refractivity contribution is 7.91. The van der Waals surface area contributed by atoms with E-state index in [9.17, 15) is 17.6 Å². The molecule has 2 N–H and O–H groups in total. The summed E-state index contributed by atoms with van der Waals surface area (Å²) < 4.78 is 42.8. The minimum atomic E-state index is -3.47. The zero-order chi connectivity index (χ0) is 19.4. The summed E-state index contributed by atoms with van der Waals surface area (Å²) in [5, 5.41) is 6.93. The van der Waals surface area contributed by atoms with Crippen molar-refractivity contribution in [1.82, 2.24) is 5.43 Å². The fourth-order valence-corrected chi connectivity index (χ4v) is 4.12. The number of anilines is 1. The van der Waals surface area contributed by atoms with E-state index in [4.69, 9.17) is 4.74 Å². The lowest BCUT2D eigenvalue weighted by molar-refractivity contribution is -0.119. The molecule has 1 heterocycles. The number of methoxy groups -OCH3 is 1. The first-order chi connectivity index (χ1) is 12.9. The number of benzene rings is 2. The summed E-state index contributed by atoms with van der Waals surface area (Å²) in [5.74, 6) is -0.407. The molecule has 0 saturated heterocycles. The molecular formula is C18H18FN3O4S. The third-order valence-electron chi connectivity index (χ3n) is 4.05. The maximum absolute atomic E-state index is 13.5. The number of rotatable bonds is 5. The van der Waals surface area contributed by atoms with Gasteiger partial charge < -0.3 is 10.1 Å². The molecule has 0 spiro atoms. The zero-order valence-corrected chi connectivity index (χ0v) is 15.3. The SMILES string of the molecule is COc1ccc(NCC(=O)N/N=C2/CCS(=O)(=O)c3ccc(F)cc32)cc1. The second-order valence-corrected chi connectivity index (χ2v) is 7.96. The second-order valence-electron chi connectivity index (χ2n) is 5.88. The second kappa shape index (κ2) is 7.75. The molecule has 142 valence electrons. The maximum atomic E-state index is 13.5. The molecule has 0 fully saturated rings. The Morgan fingerprint density at radius 1 is 1.22 bits per heavy atom. The summed E-state index contributed by atoms with van der Waals surface area (Å²) in [6, 6.07) is 10.5. The van der Waals surface area contributed by atoms with Gasteiger partial charge in [0.1, 0.15) is 11.6 Å². The summed E-state index contributed by atoms with van der Waals surface area (Å²) >= 11 is 0. The van der Waals surface area contributed by atoms with Crippen LogP contribution in [0.4, 0.5) is 10.1 Å². The zero-order valence-electron chi connectivity index (χ0n) is 14.5. The van der Waals surface area contributed by atoms with E-state index in [1.54, 1.807) is 31.4 Å². The van der Waals surface area contributed by atoms with E-state index < -0.39 is 21.6 Å². The summed E-state index contributed by atoms with van der Waals surface area (Å²) in [6.07, 6.45) is 0.102. The van der Waals surface area contributed by atoms with Gasteiger partial charge in [0.25, 0.3) is 5.91 Å². The van der Waals surface area contributed by atoms with Crippen LogP contribution in [0.1, 0.15) is 12.0 Å². The van der Waals surface area contributed by atoms with Crippen LogP contribution in [0, 0.1) is 5.82 Å². The number of hydrogen-bond acceptors (Lipinski definition) is 6. The third-order valence-corrected chi connectivity index (χ3v) is 5.82. The lowest BCUT2D eigenvalue weighted by atomic mass is 10.1. The van der Waals surface area contributed by atoms with Crippen LogP contribution in [-0.2, 0) is 14.6 Å². The van der Waals surface area contributed by atoms with E-state index in [1.807, 2.05) is 0 Å². The minimum absolute atomic E-state index is 0.0273. The van der Waals surface area contributed by atoms with E-state index in [0.29, 0.717) is 11.5 Å². The predicted octanol–water partition coefficient (Wildman–Crippen LogP) is 1.94. The maximum Gasteiger partial charge on any atom is 0.259 e. The van der Waals surface area contributed by atoms with Crippen LogP contribution in [0.15, 0.2) is 52.5 Å². The number of carbonyl (C=O) groups excluding carboxylic acids is 1. The van der Waals surface area contributed by atoms with Gasteiger partial charge in [-0.25, -0.2) is 18.2 Å². The summed E-state index contributed by atoms with van der Waals surface area (Å²) in [4.78, 5) is 12.0. The van der Waals surface area contributed by atoms with Crippen LogP contribution in [0.5, 0.6) is 5.75 Å². The smallest absolute Gasteiger partial charge is 0.259 e. The number of amides is 1. The monoisotopic (exact) mass is 391 g/mol. The van der Waals surface area contributed by atoms with E-state index in [-0.39, 0.29) is 29.2 Å². The van der Waals surface area contributed by atoms with Crippen molar-refractivity contribution in [3.05, 3.63) is 53.8 Å². The third kappa shape index (κ3) is 4.43. The van der Waals surface area contributed by atoms with Crippen LogP contribution in [0.25, 0.3) is 0 Å². The average molecular weight is 391 g/mol. The largest absolute Gasteiger partial charge is 0.497 e. The predicted molar refractivity (Wildman–Crippen MR) is 99.2 cm³/mol. The number of fused-ring (bicyclic) bond motifs is 1. The van der Waals surface area contributed by atoms with E-state index in [1.165, 1.54) is 6.07 Å². The number of sulfone groups is 1. The highest BCUT2D eigenvalue weighted by Crippen LogP contribution is 2.26. The number of nitrogens with one attached hydrogen (secondary N) is 2. The Labute approximate surface area is 156 Å². The van der Waals surface area contributed by atoms with Crippen molar-refractivity contribution in [1.29, 1.82) is 0 Å².